The third kappa shape index (κ3) is 2.84. The number of hydrogen-bond donors (Lipinski definition) is 1. The van der Waals surface area contributed by atoms with Gasteiger partial charge >= 0.3 is 0 Å². The molecule has 0 amide bonds. The van der Waals surface area contributed by atoms with Crippen molar-refractivity contribution in [1.29, 1.82) is 5.26 Å². The van der Waals surface area contributed by atoms with Gasteiger partial charge < -0.3 is 5.32 Å². The van der Waals surface area contributed by atoms with Gasteiger partial charge in [0.05, 0.1) is 16.8 Å². The number of nitriles is 1. The zero-order valence-electron chi connectivity index (χ0n) is 9.90. The van der Waals surface area contributed by atoms with Gasteiger partial charge in [0.1, 0.15) is 11.9 Å². The van der Waals surface area contributed by atoms with Crippen molar-refractivity contribution in [2.45, 2.75) is 13.3 Å². The molecule has 0 bridgehead atoms. The average Bonchev–Trinajstić information content (AvgIpc) is 2.77. The highest BCUT2D eigenvalue weighted by Crippen LogP contribution is 2.15. The maximum absolute atomic E-state index is 13.1. The molecule has 0 aliphatic rings. The average molecular weight is 261 g/mol. The van der Waals surface area contributed by atoms with Crippen molar-refractivity contribution in [3.8, 4) is 6.07 Å². The number of hydrogen-bond acceptors (Lipinski definition) is 4. The van der Waals surface area contributed by atoms with E-state index in [1.165, 1.54) is 17.0 Å². The number of anilines is 1. The van der Waals surface area contributed by atoms with Gasteiger partial charge in [-0.25, -0.2) is 9.37 Å². The molecule has 0 unspecified atom stereocenters. The third-order valence-electron chi connectivity index (χ3n) is 2.61. The van der Waals surface area contributed by atoms with E-state index in [4.69, 9.17) is 5.26 Å². The zero-order chi connectivity index (χ0) is 13.0. The molecule has 0 saturated heterocycles. The Balaban J connectivity index is 1.95. The number of rotatable bonds is 4. The molecule has 1 N–H and O–H groups in total. The molecule has 2 rings (SSSR count). The fourth-order valence-electron chi connectivity index (χ4n) is 1.61. The van der Waals surface area contributed by atoms with E-state index in [9.17, 15) is 4.39 Å². The van der Waals surface area contributed by atoms with Gasteiger partial charge in [0.25, 0.3) is 0 Å². The molecule has 1 aromatic heterocycles. The maximum Gasteiger partial charge on any atom is 0.141 e. The first kappa shape index (κ1) is 12.5. The van der Waals surface area contributed by atoms with E-state index in [1.54, 1.807) is 17.4 Å². The summed E-state index contributed by atoms with van der Waals surface area (Å²) in [6, 6.07) is 6.29. The topological polar surface area (TPSA) is 48.7 Å². The lowest BCUT2D eigenvalue weighted by atomic mass is 10.2. The first-order valence-electron chi connectivity index (χ1n) is 5.53. The Morgan fingerprint density at radius 1 is 1.50 bits per heavy atom. The molecule has 0 atom stereocenters. The second-order valence-electron chi connectivity index (χ2n) is 3.84. The van der Waals surface area contributed by atoms with Crippen LogP contribution in [0.15, 0.2) is 23.7 Å². The lowest BCUT2D eigenvalue weighted by Crippen LogP contribution is -2.05. The molecule has 1 aromatic carbocycles. The van der Waals surface area contributed by atoms with Crippen molar-refractivity contribution in [3.05, 3.63) is 45.7 Å². The van der Waals surface area contributed by atoms with Gasteiger partial charge in [-0.3, -0.25) is 0 Å². The van der Waals surface area contributed by atoms with E-state index in [-0.39, 0.29) is 5.56 Å². The normalized spacial score (nSPS) is 10.1. The zero-order valence-corrected chi connectivity index (χ0v) is 10.7. The van der Waals surface area contributed by atoms with Crippen LogP contribution >= 0.6 is 11.3 Å². The number of nitrogens with zero attached hydrogens (tertiary/aromatic N) is 2. The Morgan fingerprint density at radius 2 is 2.33 bits per heavy atom. The third-order valence-corrected chi connectivity index (χ3v) is 3.61. The smallest absolute Gasteiger partial charge is 0.141 e. The molecule has 0 radical (unpaired) electrons. The van der Waals surface area contributed by atoms with Crippen LogP contribution in [0.25, 0.3) is 0 Å². The highest BCUT2D eigenvalue weighted by molar-refractivity contribution is 7.09. The summed E-state index contributed by atoms with van der Waals surface area (Å²) in [6.45, 7) is 2.72. The molecule has 0 spiro atoms. The van der Waals surface area contributed by atoms with Gasteiger partial charge in [-0.1, -0.05) is 0 Å². The first-order valence-corrected chi connectivity index (χ1v) is 6.41. The van der Waals surface area contributed by atoms with E-state index >= 15 is 0 Å². The van der Waals surface area contributed by atoms with Crippen LogP contribution in [0.2, 0.25) is 0 Å². The summed E-state index contributed by atoms with van der Waals surface area (Å²) in [5.74, 6) is -0.485. The highest BCUT2D eigenvalue weighted by atomic mass is 32.1. The molecule has 0 aliphatic heterocycles. The van der Waals surface area contributed by atoms with E-state index < -0.39 is 5.82 Å². The monoisotopic (exact) mass is 261 g/mol. The number of nitrogens with one attached hydrogen (secondary N) is 1. The lowest BCUT2D eigenvalue weighted by Gasteiger charge is -2.06. The minimum Gasteiger partial charge on any atom is -0.385 e. The van der Waals surface area contributed by atoms with Crippen LogP contribution in [0, 0.1) is 24.1 Å². The van der Waals surface area contributed by atoms with Gasteiger partial charge in [-0.05, 0) is 25.1 Å². The Hall–Kier alpha value is -1.93. The number of halogens is 1. The fourth-order valence-corrected chi connectivity index (χ4v) is 2.39. The molecule has 0 fully saturated rings. The summed E-state index contributed by atoms with van der Waals surface area (Å²) < 4.78 is 13.1. The van der Waals surface area contributed by atoms with Crippen LogP contribution in [-0.4, -0.2) is 11.5 Å². The van der Waals surface area contributed by atoms with E-state index in [0.717, 1.165) is 24.3 Å². The van der Waals surface area contributed by atoms with Crippen LogP contribution in [0.4, 0.5) is 10.1 Å². The Kier molecular flexibility index (Phi) is 3.90. The molecular formula is C13H12FN3S. The van der Waals surface area contributed by atoms with Gasteiger partial charge in [-0.15, -0.1) is 11.3 Å². The number of thiazole rings is 1. The first-order chi connectivity index (χ1) is 8.70. The summed E-state index contributed by atoms with van der Waals surface area (Å²) >= 11 is 1.63. The molecule has 92 valence electrons. The van der Waals surface area contributed by atoms with Crippen LogP contribution in [0.3, 0.4) is 0 Å². The number of aromatic nitrogens is 1. The van der Waals surface area contributed by atoms with Gasteiger partial charge in [-0.2, -0.15) is 5.26 Å². The molecule has 18 heavy (non-hydrogen) atoms. The molecule has 2 aromatic rings. The molecule has 3 nitrogen and oxygen atoms in total. The summed E-state index contributed by atoms with van der Waals surface area (Å²) in [5, 5.41) is 11.9. The molecular weight excluding hydrogens is 249 g/mol. The minimum atomic E-state index is -0.485. The van der Waals surface area contributed by atoms with Gasteiger partial charge in [0.15, 0.2) is 0 Å². The van der Waals surface area contributed by atoms with Crippen molar-refractivity contribution >= 4 is 17.0 Å². The lowest BCUT2D eigenvalue weighted by molar-refractivity contribution is 0.624. The van der Waals surface area contributed by atoms with E-state index in [1.807, 2.05) is 18.5 Å². The Bertz CT molecular complexity index is 586. The molecule has 0 saturated carbocycles. The minimum absolute atomic E-state index is 0.0639. The Morgan fingerprint density at radius 3 is 3.00 bits per heavy atom. The largest absolute Gasteiger partial charge is 0.385 e. The number of aryl methyl sites for hydroxylation is 1. The van der Waals surface area contributed by atoms with Crippen LogP contribution in [0.5, 0.6) is 0 Å². The SMILES string of the molecule is Cc1ncsc1CCNc1ccc(F)c(C#N)c1. The fraction of sp³-hybridized carbons (Fsp3) is 0.231. The standard InChI is InChI=1S/C13H12FN3S/c1-9-13(18-8-17-9)4-5-16-11-2-3-12(14)10(6-11)7-15/h2-3,6,8,16H,4-5H2,1H3. The molecule has 5 heteroatoms. The molecule has 0 aliphatic carbocycles. The van der Waals surface area contributed by atoms with Gasteiger partial charge in [0.2, 0.25) is 0 Å². The highest BCUT2D eigenvalue weighted by Gasteiger charge is 2.03. The van der Waals surface area contributed by atoms with Crippen molar-refractivity contribution < 1.29 is 4.39 Å². The summed E-state index contributed by atoms with van der Waals surface area (Å²) in [6.07, 6.45) is 0.871. The maximum atomic E-state index is 13.1. The van der Waals surface area contributed by atoms with Crippen molar-refractivity contribution in [2.75, 3.05) is 11.9 Å². The molecule has 1 heterocycles. The summed E-state index contributed by atoms with van der Waals surface area (Å²) in [5.41, 5.74) is 3.71. The van der Waals surface area contributed by atoms with Crippen LogP contribution in [0.1, 0.15) is 16.1 Å². The Labute approximate surface area is 109 Å². The summed E-state index contributed by atoms with van der Waals surface area (Å²) in [7, 11) is 0. The summed E-state index contributed by atoms with van der Waals surface area (Å²) in [4.78, 5) is 5.42. The van der Waals surface area contributed by atoms with Crippen molar-refractivity contribution in [2.24, 2.45) is 0 Å². The van der Waals surface area contributed by atoms with Crippen LogP contribution < -0.4 is 5.32 Å². The van der Waals surface area contributed by atoms with Crippen molar-refractivity contribution in [1.82, 2.24) is 4.98 Å². The van der Waals surface area contributed by atoms with Gasteiger partial charge in [0, 0.05) is 23.5 Å². The second kappa shape index (κ2) is 5.61. The van der Waals surface area contributed by atoms with E-state index in [2.05, 4.69) is 10.3 Å². The van der Waals surface area contributed by atoms with Crippen molar-refractivity contribution in [3.63, 3.8) is 0 Å². The number of benzene rings is 1. The van der Waals surface area contributed by atoms with E-state index in [0.29, 0.717) is 0 Å². The predicted octanol–water partition coefficient (Wildman–Crippen LogP) is 3.12. The van der Waals surface area contributed by atoms with Crippen LogP contribution in [-0.2, 0) is 6.42 Å². The predicted molar refractivity (Wildman–Crippen MR) is 70.2 cm³/mol. The second-order valence-corrected chi connectivity index (χ2v) is 4.78. The quantitative estimate of drug-likeness (QED) is 0.920.